The van der Waals surface area contributed by atoms with Gasteiger partial charge < -0.3 is 9.38 Å². The van der Waals surface area contributed by atoms with E-state index in [0.29, 0.717) is 6.26 Å². The zero-order chi connectivity index (χ0) is 16.6. The van der Waals surface area contributed by atoms with Crippen molar-refractivity contribution in [3.8, 4) is 0 Å². The highest BCUT2D eigenvalue weighted by Crippen LogP contribution is 2.19. The van der Waals surface area contributed by atoms with E-state index >= 15 is 0 Å². The first-order chi connectivity index (χ1) is 10.3. The Bertz CT molecular complexity index is 520. The van der Waals surface area contributed by atoms with Gasteiger partial charge in [-0.1, -0.05) is 18.2 Å². The van der Waals surface area contributed by atoms with Crippen LogP contribution in [0.4, 0.5) is 5.69 Å². The number of benzene rings is 1. The molecule has 2 rings (SSSR count). The topological polar surface area (TPSA) is 57.6 Å². The molecule has 1 N–H and O–H groups in total. The maximum absolute atomic E-state index is 9.19. The number of hydrogen-bond acceptors (Lipinski definition) is 3. The molecule has 0 unspecified atom stereocenters. The van der Waals surface area contributed by atoms with E-state index in [-0.39, 0.29) is 0 Å². The lowest BCUT2D eigenvalue weighted by molar-refractivity contribution is -0.922. The predicted octanol–water partition coefficient (Wildman–Crippen LogP) is 2.26. The Hall–Kier alpha value is -1.11. The van der Waals surface area contributed by atoms with Crippen molar-refractivity contribution >= 4 is 15.8 Å². The van der Waals surface area contributed by atoms with E-state index in [9.17, 15) is 8.42 Å². The van der Waals surface area contributed by atoms with E-state index in [4.69, 9.17) is 4.55 Å². The largest absolute Gasteiger partial charge is 0.366 e. The van der Waals surface area contributed by atoms with Gasteiger partial charge in [-0.2, -0.15) is 8.42 Å². The Morgan fingerprint density at radius 1 is 1.09 bits per heavy atom. The van der Waals surface area contributed by atoms with Crippen molar-refractivity contribution in [2.75, 3.05) is 50.4 Å². The molecule has 1 fully saturated rings. The molecule has 5 nitrogen and oxygen atoms in total. The summed E-state index contributed by atoms with van der Waals surface area (Å²) in [7, 11) is -3.67. The fourth-order valence-corrected chi connectivity index (χ4v) is 2.91. The molecular formula is C16H29N2O3S+. The van der Waals surface area contributed by atoms with Gasteiger partial charge in [-0.05, 0) is 26.0 Å². The molecule has 1 aliphatic heterocycles. The summed E-state index contributed by atoms with van der Waals surface area (Å²) < 4.78 is 27.2. The third-order valence-corrected chi connectivity index (χ3v) is 4.37. The minimum atomic E-state index is -3.67. The van der Waals surface area contributed by atoms with Gasteiger partial charge >= 0.3 is 0 Å². The summed E-state index contributed by atoms with van der Waals surface area (Å²) in [5, 5.41) is 0. The van der Waals surface area contributed by atoms with Gasteiger partial charge in [0.05, 0.1) is 39.0 Å². The van der Waals surface area contributed by atoms with Crippen LogP contribution in [0.25, 0.3) is 0 Å². The predicted molar refractivity (Wildman–Crippen MR) is 91.8 cm³/mol. The lowest BCUT2D eigenvalue weighted by Crippen LogP contribution is -2.50. The van der Waals surface area contributed by atoms with E-state index in [0.717, 1.165) is 0 Å². The van der Waals surface area contributed by atoms with Crippen LogP contribution in [0.1, 0.15) is 20.3 Å². The molecule has 0 amide bonds. The van der Waals surface area contributed by atoms with Gasteiger partial charge in [0, 0.05) is 18.7 Å². The average Bonchev–Trinajstić information content (AvgIpc) is 2.69. The second-order valence-corrected chi connectivity index (χ2v) is 7.30. The SMILES string of the molecule is CC[N+]1(CC)CCCN(c2ccccc2)CC1.CS(=O)(=O)O. The Morgan fingerprint density at radius 3 is 2.14 bits per heavy atom. The quantitative estimate of drug-likeness (QED) is 0.683. The Kier molecular flexibility index (Phi) is 7.32. The number of anilines is 1. The highest BCUT2D eigenvalue weighted by atomic mass is 32.2. The molecule has 1 aromatic rings. The number of para-hydroxylation sites is 1. The summed E-state index contributed by atoms with van der Waals surface area (Å²) in [5.74, 6) is 0. The first-order valence-corrected chi connectivity index (χ1v) is 9.72. The standard InChI is InChI=1S/C15H25N2.CH4O3S/c1-3-17(4-2)13-8-11-16(12-14-17)15-9-6-5-7-10-15;1-5(2,3)4/h5-7,9-10H,3-4,8,11-14H2,1-2H3;1H3,(H,2,3,4)/q+1;. The normalized spacial score (nSPS) is 18.1. The van der Waals surface area contributed by atoms with Crippen LogP contribution in [-0.4, -0.2) is 63.0 Å². The fourth-order valence-electron chi connectivity index (χ4n) is 2.91. The molecule has 1 heterocycles. The van der Waals surface area contributed by atoms with Crippen LogP contribution in [0.2, 0.25) is 0 Å². The molecule has 1 aromatic carbocycles. The lowest BCUT2D eigenvalue weighted by Gasteiger charge is -2.35. The molecular weight excluding hydrogens is 300 g/mol. The van der Waals surface area contributed by atoms with Crippen LogP contribution in [0.15, 0.2) is 30.3 Å². The summed E-state index contributed by atoms with van der Waals surface area (Å²) in [6.45, 7) is 12.3. The molecule has 6 heteroatoms. The van der Waals surface area contributed by atoms with E-state index < -0.39 is 10.1 Å². The Labute approximate surface area is 134 Å². The molecule has 0 atom stereocenters. The molecule has 22 heavy (non-hydrogen) atoms. The zero-order valence-electron chi connectivity index (χ0n) is 13.9. The van der Waals surface area contributed by atoms with Gasteiger partial charge in [-0.3, -0.25) is 4.55 Å². The van der Waals surface area contributed by atoms with Gasteiger partial charge in [0.15, 0.2) is 0 Å². The van der Waals surface area contributed by atoms with E-state index in [1.807, 2.05) is 0 Å². The third kappa shape index (κ3) is 6.77. The molecule has 0 aliphatic carbocycles. The van der Waals surface area contributed by atoms with Crippen LogP contribution in [0, 0.1) is 0 Å². The van der Waals surface area contributed by atoms with Crippen LogP contribution < -0.4 is 4.90 Å². The van der Waals surface area contributed by atoms with Gasteiger partial charge in [0.2, 0.25) is 0 Å². The number of nitrogens with zero attached hydrogens (tertiary/aromatic N) is 2. The van der Waals surface area contributed by atoms with Crippen molar-refractivity contribution in [3.63, 3.8) is 0 Å². The first-order valence-electron chi connectivity index (χ1n) is 7.87. The molecule has 1 saturated heterocycles. The minimum Gasteiger partial charge on any atom is -0.366 e. The molecule has 0 spiro atoms. The van der Waals surface area contributed by atoms with Crippen LogP contribution in [0.5, 0.6) is 0 Å². The first kappa shape index (κ1) is 18.9. The van der Waals surface area contributed by atoms with Gasteiger partial charge in [0.1, 0.15) is 0 Å². The molecule has 0 saturated carbocycles. The highest BCUT2D eigenvalue weighted by molar-refractivity contribution is 7.85. The van der Waals surface area contributed by atoms with Crippen molar-refractivity contribution in [3.05, 3.63) is 30.3 Å². The maximum Gasteiger partial charge on any atom is 0.261 e. The summed E-state index contributed by atoms with van der Waals surface area (Å²) >= 11 is 0. The zero-order valence-corrected chi connectivity index (χ0v) is 14.7. The van der Waals surface area contributed by atoms with Crippen molar-refractivity contribution in [1.29, 1.82) is 0 Å². The average molecular weight is 329 g/mol. The van der Waals surface area contributed by atoms with Gasteiger partial charge in [-0.25, -0.2) is 0 Å². The monoisotopic (exact) mass is 329 g/mol. The molecule has 0 bridgehead atoms. The van der Waals surface area contributed by atoms with Crippen molar-refractivity contribution < 1.29 is 17.5 Å². The van der Waals surface area contributed by atoms with Crippen LogP contribution in [-0.2, 0) is 10.1 Å². The minimum absolute atomic E-state index is 0.715. The molecule has 126 valence electrons. The van der Waals surface area contributed by atoms with Crippen LogP contribution in [0.3, 0.4) is 0 Å². The fraction of sp³-hybridized carbons (Fsp3) is 0.625. The highest BCUT2D eigenvalue weighted by Gasteiger charge is 2.27. The smallest absolute Gasteiger partial charge is 0.261 e. The summed E-state index contributed by atoms with van der Waals surface area (Å²) in [4.78, 5) is 2.55. The van der Waals surface area contributed by atoms with Gasteiger partial charge in [-0.15, -0.1) is 0 Å². The van der Waals surface area contributed by atoms with Gasteiger partial charge in [0.25, 0.3) is 10.1 Å². The number of hydrogen-bond donors (Lipinski definition) is 1. The van der Waals surface area contributed by atoms with E-state index in [1.54, 1.807) is 0 Å². The Balaban J connectivity index is 0.000000422. The molecule has 0 aromatic heterocycles. The van der Waals surface area contributed by atoms with E-state index in [2.05, 4.69) is 49.1 Å². The van der Waals surface area contributed by atoms with Crippen molar-refractivity contribution in [1.82, 2.24) is 0 Å². The second kappa shape index (κ2) is 8.50. The second-order valence-electron chi connectivity index (χ2n) is 5.83. The summed E-state index contributed by atoms with van der Waals surface area (Å²) in [6, 6.07) is 10.8. The lowest BCUT2D eigenvalue weighted by atomic mass is 10.3. The summed E-state index contributed by atoms with van der Waals surface area (Å²) in [6.07, 6.45) is 2.03. The number of quaternary nitrogens is 1. The molecule has 1 aliphatic rings. The number of likely N-dealkylation sites (N-methyl/N-ethyl adjacent to an activating group) is 1. The van der Waals surface area contributed by atoms with Crippen LogP contribution >= 0.6 is 0 Å². The molecule has 0 radical (unpaired) electrons. The maximum atomic E-state index is 9.19. The number of rotatable bonds is 3. The van der Waals surface area contributed by atoms with E-state index in [1.165, 1.54) is 55.9 Å². The van der Waals surface area contributed by atoms with Crippen molar-refractivity contribution in [2.24, 2.45) is 0 Å². The third-order valence-electron chi connectivity index (χ3n) is 4.37. The summed E-state index contributed by atoms with van der Waals surface area (Å²) in [5.41, 5.74) is 1.39. The Morgan fingerprint density at radius 2 is 1.64 bits per heavy atom. The van der Waals surface area contributed by atoms with Crippen molar-refractivity contribution in [2.45, 2.75) is 20.3 Å².